The molecule has 0 spiro atoms. The standard InChI is InChI=1S/C21H23N3O5/c1-12-10-16-18(21(25)24(12)8-9-26-2)17(14(11-22)20(23)29-16)13-6-5-7-15(27-3)19(13)28-4/h5-7,10,17H,8-9,23H2,1-4H3/t17-/m1/s1. The van der Waals surface area contributed by atoms with Crippen molar-refractivity contribution in [1.29, 1.82) is 5.26 Å². The Bertz CT molecular complexity index is 1070. The SMILES string of the molecule is COCCn1c(C)cc2c(c1=O)[C@H](c1cccc(OC)c1OC)C(C#N)=C(N)O2. The largest absolute Gasteiger partial charge is 0.493 e. The quantitative estimate of drug-likeness (QED) is 0.794. The van der Waals surface area contributed by atoms with Gasteiger partial charge in [0, 0.05) is 31.0 Å². The topological polar surface area (TPSA) is 109 Å². The minimum atomic E-state index is -0.754. The van der Waals surface area contributed by atoms with Crippen molar-refractivity contribution in [3.63, 3.8) is 0 Å². The van der Waals surface area contributed by atoms with Gasteiger partial charge in [-0.25, -0.2) is 0 Å². The minimum Gasteiger partial charge on any atom is -0.493 e. The molecule has 3 rings (SSSR count). The molecule has 1 aliphatic heterocycles. The lowest BCUT2D eigenvalue weighted by atomic mass is 9.83. The van der Waals surface area contributed by atoms with Crippen LogP contribution in [-0.4, -0.2) is 32.5 Å². The normalized spacial score (nSPS) is 15.3. The lowest BCUT2D eigenvalue weighted by molar-refractivity contribution is 0.185. The van der Waals surface area contributed by atoms with Crippen LogP contribution in [0.3, 0.4) is 0 Å². The number of hydrogen-bond donors (Lipinski definition) is 1. The van der Waals surface area contributed by atoms with Gasteiger partial charge in [0.2, 0.25) is 5.88 Å². The third kappa shape index (κ3) is 3.41. The van der Waals surface area contributed by atoms with Crippen LogP contribution in [0, 0.1) is 18.3 Å². The molecule has 0 amide bonds. The van der Waals surface area contributed by atoms with Crippen molar-refractivity contribution in [2.24, 2.45) is 5.73 Å². The van der Waals surface area contributed by atoms with Crippen molar-refractivity contribution in [2.45, 2.75) is 19.4 Å². The second-order valence-corrected chi connectivity index (χ2v) is 6.52. The first-order valence-corrected chi connectivity index (χ1v) is 9.00. The molecule has 0 saturated heterocycles. The number of hydrogen-bond acceptors (Lipinski definition) is 7. The van der Waals surface area contributed by atoms with Crippen molar-refractivity contribution < 1.29 is 18.9 Å². The molecule has 0 unspecified atom stereocenters. The molecule has 29 heavy (non-hydrogen) atoms. The first kappa shape index (κ1) is 20.3. The molecular formula is C21H23N3O5. The number of ether oxygens (including phenoxy) is 4. The minimum absolute atomic E-state index is 0.0386. The number of para-hydroxylation sites is 1. The first-order valence-electron chi connectivity index (χ1n) is 9.00. The summed E-state index contributed by atoms with van der Waals surface area (Å²) in [5.41, 5.74) is 7.54. The Morgan fingerprint density at radius 3 is 2.66 bits per heavy atom. The van der Waals surface area contributed by atoms with Crippen molar-refractivity contribution >= 4 is 0 Å². The molecule has 2 N–H and O–H groups in total. The summed E-state index contributed by atoms with van der Waals surface area (Å²) >= 11 is 0. The van der Waals surface area contributed by atoms with Gasteiger partial charge in [-0.3, -0.25) is 4.79 Å². The highest BCUT2D eigenvalue weighted by molar-refractivity contribution is 5.60. The number of allylic oxidation sites excluding steroid dienone is 1. The maximum atomic E-state index is 13.4. The summed E-state index contributed by atoms with van der Waals surface area (Å²) in [6, 6.07) is 9.14. The molecule has 2 heterocycles. The predicted molar refractivity (Wildman–Crippen MR) is 106 cm³/mol. The van der Waals surface area contributed by atoms with E-state index < -0.39 is 5.92 Å². The fraction of sp³-hybridized carbons (Fsp3) is 0.333. The number of methoxy groups -OCH3 is 3. The van der Waals surface area contributed by atoms with Crippen LogP contribution in [0.25, 0.3) is 0 Å². The third-order valence-electron chi connectivity index (χ3n) is 4.95. The fourth-order valence-electron chi connectivity index (χ4n) is 3.60. The summed E-state index contributed by atoms with van der Waals surface area (Å²) in [6.07, 6.45) is 0. The number of pyridine rings is 1. The zero-order valence-corrected chi connectivity index (χ0v) is 16.8. The molecule has 1 atom stereocenters. The van der Waals surface area contributed by atoms with Crippen LogP contribution in [0.2, 0.25) is 0 Å². The molecule has 152 valence electrons. The number of fused-ring (bicyclic) bond motifs is 1. The van der Waals surface area contributed by atoms with Crippen molar-refractivity contribution in [3.05, 3.63) is 62.9 Å². The monoisotopic (exact) mass is 397 g/mol. The molecular weight excluding hydrogens is 374 g/mol. The van der Waals surface area contributed by atoms with Crippen LogP contribution in [0.1, 0.15) is 22.7 Å². The highest BCUT2D eigenvalue weighted by Crippen LogP contribution is 2.46. The Balaban J connectivity index is 2.34. The van der Waals surface area contributed by atoms with Gasteiger partial charge in [-0.15, -0.1) is 0 Å². The molecule has 8 nitrogen and oxygen atoms in total. The highest BCUT2D eigenvalue weighted by Gasteiger charge is 2.36. The average molecular weight is 397 g/mol. The second kappa shape index (κ2) is 8.29. The van der Waals surface area contributed by atoms with Gasteiger partial charge >= 0.3 is 0 Å². The van der Waals surface area contributed by atoms with Crippen molar-refractivity contribution in [2.75, 3.05) is 27.9 Å². The van der Waals surface area contributed by atoms with Crippen LogP contribution >= 0.6 is 0 Å². The van der Waals surface area contributed by atoms with E-state index in [9.17, 15) is 10.1 Å². The lowest BCUT2D eigenvalue weighted by Crippen LogP contribution is -2.33. The molecule has 1 aliphatic rings. The molecule has 1 aromatic carbocycles. The maximum Gasteiger partial charge on any atom is 0.258 e. The van der Waals surface area contributed by atoms with E-state index in [1.54, 1.807) is 35.9 Å². The van der Waals surface area contributed by atoms with E-state index in [0.29, 0.717) is 47.2 Å². The Labute approximate surface area is 168 Å². The number of nitrogens with two attached hydrogens (primary N) is 1. The van der Waals surface area contributed by atoms with Gasteiger partial charge in [0.25, 0.3) is 5.56 Å². The van der Waals surface area contributed by atoms with Gasteiger partial charge in [-0.2, -0.15) is 5.26 Å². The van der Waals surface area contributed by atoms with Gasteiger partial charge in [0.15, 0.2) is 11.5 Å². The highest BCUT2D eigenvalue weighted by atomic mass is 16.5. The van der Waals surface area contributed by atoms with E-state index in [4.69, 9.17) is 24.7 Å². The molecule has 1 aromatic heterocycles. The summed E-state index contributed by atoms with van der Waals surface area (Å²) < 4.78 is 23.3. The van der Waals surface area contributed by atoms with E-state index in [1.807, 2.05) is 6.92 Å². The zero-order valence-electron chi connectivity index (χ0n) is 16.8. The molecule has 2 aromatic rings. The van der Waals surface area contributed by atoms with Gasteiger partial charge in [-0.1, -0.05) is 12.1 Å². The number of aryl methyl sites for hydroxylation is 1. The Hall–Kier alpha value is -3.44. The number of aromatic nitrogens is 1. The van der Waals surface area contributed by atoms with E-state index >= 15 is 0 Å². The molecule has 0 fully saturated rings. The molecule has 0 radical (unpaired) electrons. The number of nitrogens with zero attached hydrogens (tertiary/aromatic N) is 2. The van der Waals surface area contributed by atoms with E-state index in [-0.39, 0.29) is 17.0 Å². The summed E-state index contributed by atoms with van der Waals surface area (Å²) in [4.78, 5) is 13.4. The van der Waals surface area contributed by atoms with E-state index in [0.717, 1.165) is 0 Å². The van der Waals surface area contributed by atoms with Crippen LogP contribution in [-0.2, 0) is 11.3 Å². The molecule has 8 heteroatoms. The fourth-order valence-corrected chi connectivity index (χ4v) is 3.60. The van der Waals surface area contributed by atoms with Crippen LogP contribution in [0.4, 0.5) is 0 Å². The number of nitriles is 1. The van der Waals surface area contributed by atoms with Gasteiger partial charge in [0.1, 0.15) is 17.4 Å². The van der Waals surface area contributed by atoms with Gasteiger partial charge in [-0.05, 0) is 13.0 Å². The summed E-state index contributed by atoms with van der Waals surface area (Å²) in [5.74, 6) is 0.448. The van der Waals surface area contributed by atoms with Gasteiger partial charge < -0.3 is 29.2 Å². The second-order valence-electron chi connectivity index (χ2n) is 6.52. The van der Waals surface area contributed by atoms with Gasteiger partial charge in [0.05, 0.1) is 32.3 Å². The average Bonchev–Trinajstić information content (AvgIpc) is 2.71. The van der Waals surface area contributed by atoms with Crippen molar-refractivity contribution in [3.8, 4) is 23.3 Å². The van der Waals surface area contributed by atoms with E-state index in [1.165, 1.54) is 14.2 Å². The van der Waals surface area contributed by atoms with Crippen LogP contribution in [0.15, 0.2) is 40.5 Å². The lowest BCUT2D eigenvalue weighted by Gasteiger charge is -2.28. The Morgan fingerprint density at radius 2 is 2.03 bits per heavy atom. The number of benzene rings is 1. The van der Waals surface area contributed by atoms with E-state index in [2.05, 4.69) is 6.07 Å². The summed E-state index contributed by atoms with van der Waals surface area (Å²) in [5, 5.41) is 9.80. The predicted octanol–water partition coefficient (Wildman–Crippen LogP) is 2.04. The smallest absolute Gasteiger partial charge is 0.258 e. The number of rotatable bonds is 6. The van der Waals surface area contributed by atoms with Crippen LogP contribution < -0.4 is 25.5 Å². The Morgan fingerprint density at radius 1 is 1.28 bits per heavy atom. The molecule has 0 bridgehead atoms. The maximum absolute atomic E-state index is 13.4. The third-order valence-corrected chi connectivity index (χ3v) is 4.95. The first-order chi connectivity index (χ1) is 14.0. The Kier molecular flexibility index (Phi) is 5.80. The summed E-state index contributed by atoms with van der Waals surface area (Å²) in [6.45, 7) is 2.55. The zero-order chi connectivity index (χ0) is 21.1. The summed E-state index contributed by atoms with van der Waals surface area (Å²) in [7, 11) is 4.60. The van der Waals surface area contributed by atoms with Crippen LogP contribution in [0.5, 0.6) is 17.2 Å². The molecule has 0 saturated carbocycles. The van der Waals surface area contributed by atoms with Crippen molar-refractivity contribution in [1.82, 2.24) is 4.57 Å². The molecule has 0 aliphatic carbocycles.